The van der Waals surface area contributed by atoms with Gasteiger partial charge in [-0.25, -0.2) is 19.7 Å². The highest BCUT2D eigenvalue weighted by Crippen LogP contribution is 2.14. The van der Waals surface area contributed by atoms with Gasteiger partial charge >= 0.3 is 6.03 Å². The van der Waals surface area contributed by atoms with Crippen LogP contribution in [-0.2, 0) is 0 Å². The van der Waals surface area contributed by atoms with Crippen molar-refractivity contribution in [1.82, 2.24) is 30.5 Å². The van der Waals surface area contributed by atoms with Gasteiger partial charge in [0.25, 0.3) is 0 Å². The predicted octanol–water partition coefficient (Wildman–Crippen LogP) is 1.95. The van der Waals surface area contributed by atoms with Gasteiger partial charge in [0.2, 0.25) is 5.95 Å². The van der Waals surface area contributed by atoms with Crippen molar-refractivity contribution in [3.05, 3.63) is 54.9 Å². The number of para-hydroxylation sites is 1. The molecule has 0 aliphatic carbocycles. The van der Waals surface area contributed by atoms with Crippen molar-refractivity contribution in [2.24, 2.45) is 0 Å². The molecular weight excluding hydrogens is 404 g/mol. The second kappa shape index (κ2) is 11.2. The fraction of sp³-hybridized carbons (Fsp3) is 0.391. The van der Waals surface area contributed by atoms with E-state index in [1.807, 2.05) is 42.5 Å². The van der Waals surface area contributed by atoms with E-state index < -0.39 is 0 Å². The normalized spacial score (nSPS) is 14.3. The Labute approximate surface area is 188 Å². The van der Waals surface area contributed by atoms with E-state index in [0.29, 0.717) is 19.6 Å². The second-order valence-corrected chi connectivity index (χ2v) is 7.73. The molecule has 0 atom stereocenters. The van der Waals surface area contributed by atoms with Crippen LogP contribution < -0.4 is 20.9 Å². The first-order chi connectivity index (χ1) is 15.8. The number of carbonyl (C=O) groups excluding carboxylic acids is 1. The molecule has 3 aromatic rings. The number of anilines is 2. The molecule has 1 aliphatic rings. The smallest absolute Gasteiger partial charge is 0.314 e. The molecule has 168 valence electrons. The van der Waals surface area contributed by atoms with Gasteiger partial charge in [-0.05, 0) is 37.2 Å². The van der Waals surface area contributed by atoms with Gasteiger partial charge in [-0.1, -0.05) is 18.2 Å². The number of hydrogen-bond acceptors (Lipinski definition) is 7. The number of rotatable bonds is 9. The number of hydrogen-bond donors (Lipinski definition) is 3. The molecule has 0 unspecified atom stereocenters. The lowest BCUT2D eigenvalue weighted by Gasteiger charge is -2.34. The van der Waals surface area contributed by atoms with Crippen LogP contribution in [0.15, 0.2) is 54.9 Å². The quantitative estimate of drug-likeness (QED) is 0.443. The highest BCUT2D eigenvalue weighted by atomic mass is 16.2. The first-order valence-corrected chi connectivity index (χ1v) is 11.1. The van der Waals surface area contributed by atoms with Crippen molar-refractivity contribution < 1.29 is 4.79 Å². The van der Waals surface area contributed by atoms with E-state index in [0.717, 1.165) is 61.8 Å². The minimum atomic E-state index is -0.135. The van der Waals surface area contributed by atoms with Crippen LogP contribution in [0.5, 0.6) is 0 Å². The molecule has 0 radical (unpaired) electrons. The van der Waals surface area contributed by atoms with Crippen LogP contribution in [0.1, 0.15) is 6.42 Å². The molecule has 9 heteroatoms. The fourth-order valence-corrected chi connectivity index (χ4v) is 3.72. The molecular formula is C23H30N8O. The van der Waals surface area contributed by atoms with Crippen molar-refractivity contribution in [2.45, 2.75) is 6.42 Å². The number of amides is 2. The van der Waals surface area contributed by atoms with Gasteiger partial charge in [0.05, 0.1) is 5.52 Å². The van der Waals surface area contributed by atoms with Crippen LogP contribution in [-0.4, -0.2) is 78.2 Å². The summed E-state index contributed by atoms with van der Waals surface area (Å²) < 4.78 is 0. The zero-order valence-electron chi connectivity index (χ0n) is 18.2. The number of pyridine rings is 1. The second-order valence-electron chi connectivity index (χ2n) is 7.73. The minimum Gasteiger partial charge on any atom is -0.368 e. The van der Waals surface area contributed by atoms with Crippen molar-refractivity contribution in [3.8, 4) is 0 Å². The van der Waals surface area contributed by atoms with Gasteiger partial charge in [-0.3, -0.25) is 4.90 Å². The zero-order chi connectivity index (χ0) is 22.0. The van der Waals surface area contributed by atoms with E-state index in [9.17, 15) is 4.79 Å². The van der Waals surface area contributed by atoms with E-state index >= 15 is 0 Å². The minimum absolute atomic E-state index is 0.135. The number of nitrogens with zero attached hydrogens (tertiary/aromatic N) is 5. The number of piperazine rings is 1. The number of carbonyl (C=O) groups is 1. The Morgan fingerprint density at radius 2 is 1.66 bits per heavy atom. The summed E-state index contributed by atoms with van der Waals surface area (Å²) in [6.45, 7) is 6.61. The average Bonchev–Trinajstić information content (AvgIpc) is 2.85. The summed E-state index contributed by atoms with van der Waals surface area (Å²) in [6.07, 6.45) is 4.48. The van der Waals surface area contributed by atoms with Crippen molar-refractivity contribution in [3.63, 3.8) is 0 Å². The Balaban J connectivity index is 1.05. The molecule has 1 saturated heterocycles. The number of nitrogens with one attached hydrogen (secondary N) is 3. The van der Waals surface area contributed by atoms with Gasteiger partial charge in [0.1, 0.15) is 5.82 Å². The molecule has 0 saturated carbocycles. The summed E-state index contributed by atoms with van der Waals surface area (Å²) in [5.74, 6) is 1.61. The lowest BCUT2D eigenvalue weighted by Crippen LogP contribution is -2.47. The number of aromatic nitrogens is 3. The van der Waals surface area contributed by atoms with Crippen LogP contribution in [0.2, 0.25) is 0 Å². The molecule has 1 aliphatic heterocycles. The topological polar surface area (TPSA) is 98.3 Å². The van der Waals surface area contributed by atoms with Crippen molar-refractivity contribution in [1.29, 1.82) is 0 Å². The number of urea groups is 1. The third kappa shape index (κ3) is 6.27. The molecule has 3 heterocycles. The summed E-state index contributed by atoms with van der Waals surface area (Å²) in [6, 6.07) is 13.7. The highest BCUT2D eigenvalue weighted by Gasteiger charge is 2.18. The van der Waals surface area contributed by atoms with Gasteiger partial charge in [0.15, 0.2) is 0 Å². The maximum absolute atomic E-state index is 12.0. The van der Waals surface area contributed by atoms with Crippen molar-refractivity contribution >= 4 is 28.7 Å². The van der Waals surface area contributed by atoms with E-state index in [-0.39, 0.29) is 6.03 Å². The average molecular weight is 435 g/mol. The van der Waals surface area contributed by atoms with E-state index in [4.69, 9.17) is 0 Å². The van der Waals surface area contributed by atoms with E-state index in [2.05, 4.69) is 40.7 Å². The zero-order valence-corrected chi connectivity index (χ0v) is 18.2. The lowest BCUT2D eigenvalue weighted by molar-refractivity contribution is 0.236. The molecule has 4 rings (SSSR count). The maximum Gasteiger partial charge on any atom is 0.314 e. The predicted molar refractivity (Wildman–Crippen MR) is 127 cm³/mol. The van der Waals surface area contributed by atoms with Crippen LogP contribution in [0, 0.1) is 0 Å². The van der Waals surface area contributed by atoms with Crippen LogP contribution in [0.4, 0.5) is 16.6 Å². The third-order valence-electron chi connectivity index (χ3n) is 5.46. The summed E-state index contributed by atoms with van der Waals surface area (Å²) in [7, 11) is 0. The molecule has 3 N–H and O–H groups in total. The SMILES string of the molecule is O=C(NCCCN1CCN(c2ncccn2)CC1)NCCNc1ccc2ccccc2n1. The van der Waals surface area contributed by atoms with Gasteiger partial charge in [0, 0.05) is 63.6 Å². The van der Waals surface area contributed by atoms with E-state index in [1.165, 1.54) is 0 Å². The Morgan fingerprint density at radius 3 is 2.50 bits per heavy atom. The first kappa shape index (κ1) is 21.8. The Bertz CT molecular complexity index is 991. The molecule has 32 heavy (non-hydrogen) atoms. The Hall–Kier alpha value is -3.46. The Kier molecular flexibility index (Phi) is 7.64. The molecule has 0 bridgehead atoms. The highest BCUT2D eigenvalue weighted by molar-refractivity contribution is 5.80. The van der Waals surface area contributed by atoms with Gasteiger partial charge < -0.3 is 20.9 Å². The molecule has 1 aromatic carbocycles. The first-order valence-electron chi connectivity index (χ1n) is 11.1. The molecule has 9 nitrogen and oxygen atoms in total. The fourth-order valence-electron chi connectivity index (χ4n) is 3.72. The monoisotopic (exact) mass is 434 g/mol. The maximum atomic E-state index is 12.0. The van der Waals surface area contributed by atoms with Crippen LogP contribution in [0.25, 0.3) is 10.9 Å². The molecule has 2 aromatic heterocycles. The lowest BCUT2D eigenvalue weighted by atomic mass is 10.2. The summed E-state index contributed by atoms with van der Waals surface area (Å²) in [5.41, 5.74) is 0.956. The summed E-state index contributed by atoms with van der Waals surface area (Å²) >= 11 is 0. The van der Waals surface area contributed by atoms with Crippen molar-refractivity contribution in [2.75, 3.05) is 62.6 Å². The number of fused-ring (bicyclic) bond motifs is 1. The largest absolute Gasteiger partial charge is 0.368 e. The molecule has 0 spiro atoms. The van der Waals surface area contributed by atoms with E-state index in [1.54, 1.807) is 12.4 Å². The van der Waals surface area contributed by atoms with Gasteiger partial charge in [-0.15, -0.1) is 0 Å². The number of benzene rings is 1. The summed E-state index contributed by atoms with van der Waals surface area (Å²) in [5, 5.41) is 10.2. The standard InChI is InChI=1S/C23H30N8O/c32-23(28-13-12-24-21-8-7-19-5-1-2-6-20(19)29-21)27-11-4-14-30-15-17-31(18-16-30)22-25-9-3-10-26-22/h1-3,5-10H,4,11-18H2,(H,24,29)(H2,27,28,32). The van der Waals surface area contributed by atoms with Crippen LogP contribution >= 0.6 is 0 Å². The van der Waals surface area contributed by atoms with Gasteiger partial charge in [-0.2, -0.15) is 0 Å². The van der Waals surface area contributed by atoms with Crippen LogP contribution in [0.3, 0.4) is 0 Å². The Morgan fingerprint density at radius 1 is 0.875 bits per heavy atom. The molecule has 2 amide bonds. The summed E-state index contributed by atoms with van der Waals surface area (Å²) in [4.78, 5) is 29.8. The third-order valence-corrected chi connectivity index (χ3v) is 5.46. The molecule has 1 fully saturated rings.